The maximum atomic E-state index is 9.16. The molecule has 2 aromatic carbocycles. The van der Waals surface area contributed by atoms with Gasteiger partial charge in [-0.1, -0.05) is 30.3 Å². The number of methoxy groups -OCH3 is 1. The molecule has 0 spiro atoms. The highest BCUT2D eigenvalue weighted by Gasteiger charge is 2.31. The molecule has 1 aliphatic heterocycles. The highest BCUT2D eigenvalue weighted by atomic mass is 16.5. The average molecular weight is 595 g/mol. The molecule has 1 aliphatic carbocycles. The number of nitrogens with one attached hydrogen (secondary N) is 1. The lowest BCUT2D eigenvalue weighted by molar-refractivity contribution is 0.0680. The maximum Gasteiger partial charge on any atom is 0.164 e. The number of aliphatic hydroxyl groups is 1. The highest BCUT2D eigenvalue weighted by molar-refractivity contribution is 6.00. The number of para-hydroxylation sites is 1. The Hall–Kier alpha value is -3.99. The smallest absolute Gasteiger partial charge is 0.164 e. The van der Waals surface area contributed by atoms with Crippen molar-refractivity contribution in [3.05, 3.63) is 66.1 Å². The van der Waals surface area contributed by atoms with Gasteiger partial charge in [-0.3, -0.25) is 4.90 Å². The summed E-state index contributed by atoms with van der Waals surface area (Å²) in [6.07, 6.45) is 7.62. The van der Waals surface area contributed by atoms with Crippen LogP contribution in [0.3, 0.4) is 0 Å². The predicted molar refractivity (Wildman–Crippen MR) is 174 cm³/mol. The molecule has 2 fully saturated rings. The van der Waals surface area contributed by atoms with Gasteiger partial charge in [0.05, 0.1) is 18.5 Å². The summed E-state index contributed by atoms with van der Waals surface area (Å²) in [7, 11) is 1.71. The van der Waals surface area contributed by atoms with Gasteiger partial charge in [-0.05, 0) is 61.3 Å². The lowest BCUT2D eigenvalue weighted by Crippen LogP contribution is -2.51. The van der Waals surface area contributed by atoms with E-state index in [1.807, 2.05) is 18.2 Å². The second-order valence-corrected chi connectivity index (χ2v) is 12.3. The van der Waals surface area contributed by atoms with Crippen molar-refractivity contribution in [2.75, 3.05) is 52.2 Å². The van der Waals surface area contributed by atoms with Gasteiger partial charge in [0.15, 0.2) is 5.65 Å². The van der Waals surface area contributed by atoms with E-state index in [2.05, 4.69) is 54.8 Å². The molecular formula is C34H42N8O2. The van der Waals surface area contributed by atoms with E-state index in [4.69, 9.17) is 25.7 Å². The number of nitrogen functional groups attached to an aromatic ring is 1. The molecule has 2 aliphatic rings. The van der Waals surface area contributed by atoms with E-state index >= 15 is 0 Å². The molecule has 4 heterocycles. The zero-order valence-corrected chi connectivity index (χ0v) is 25.5. The second kappa shape index (κ2) is 12.6. The first-order valence-corrected chi connectivity index (χ1v) is 15.9. The Morgan fingerprint density at radius 2 is 1.77 bits per heavy atom. The largest absolute Gasteiger partial charge is 0.496 e. The van der Waals surface area contributed by atoms with Crippen molar-refractivity contribution in [1.82, 2.24) is 34.5 Å². The third kappa shape index (κ3) is 5.65. The summed E-state index contributed by atoms with van der Waals surface area (Å²) in [6, 6.07) is 17.7. The molecular weight excluding hydrogens is 552 g/mol. The molecule has 7 rings (SSSR count). The summed E-state index contributed by atoms with van der Waals surface area (Å²) in [5, 5.41) is 16.3. The number of aromatic amines is 1. The van der Waals surface area contributed by atoms with Crippen LogP contribution in [0.5, 0.6) is 5.75 Å². The van der Waals surface area contributed by atoms with Gasteiger partial charge in [-0.2, -0.15) is 5.10 Å². The Morgan fingerprint density at radius 1 is 0.977 bits per heavy atom. The van der Waals surface area contributed by atoms with Crippen LogP contribution < -0.4 is 10.5 Å². The van der Waals surface area contributed by atoms with E-state index in [1.165, 1.54) is 0 Å². The van der Waals surface area contributed by atoms with E-state index < -0.39 is 0 Å². The van der Waals surface area contributed by atoms with Crippen molar-refractivity contribution in [3.63, 3.8) is 0 Å². The lowest BCUT2D eigenvalue weighted by atomic mass is 9.90. The van der Waals surface area contributed by atoms with Crippen molar-refractivity contribution in [1.29, 1.82) is 0 Å². The number of hydrogen-bond acceptors (Lipinski definition) is 8. The molecule has 5 aromatic rings. The number of H-pyrrole nitrogens is 1. The van der Waals surface area contributed by atoms with Crippen LogP contribution in [0.4, 0.5) is 5.82 Å². The number of hydrogen-bond donors (Lipinski definition) is 3. The van der Waals surface area contributed by atoms with Gasteiger partial charge in [0.1, 0.15) is 23.6 Å². The minimum atomic E-state index is 0.275. The van der Waals surface area contributed by atoms with Gasteiger partial charge in [0.25, 0.3) is 0 Å². The quantitative estimate of drug-likeness (QED) is 0.226. The van der Waals surface area contributed by atoms with E-state index in [0.717, 1.165) is 121 Å². The minimum absolute atomic E-state index is 0.275. The summed E-state index contributed by atoms with van der Waals surface area (Å²) >= 11 is 0. The topological polar surface area (TPSA) is 121 Å². The Labute approximate surface area is 257 Å². The monoisotopic (exact) mass is 594 g/mol. The number of aromatic nitrogens is 5. The molecule has 1 saturated carbocycles. The normalized spacial score (nSPS) is 20.0. The van der Waals surface area contributed by atoms with Gasteiger partial charge in [0.2, 0.25) is 0 Å². The molecule has 0 atom stereocenters. The van der Waals surface area contributed by atoms with Crippen molar-refractivity contribution in [3.8, 4) is 17.0 Å². The first-order valence-electron chi connectivity index (χ1n) is 15.9. The Bertz CT molecular complexity index is 1730. The first-order chi connectivity index (χ1) is 21.6. The number of aliphatic hydroxyl groups excluding tert-OH is 1. The van der Waals surface area contributed by atoms with Crippen LogP contribution in [0, 0.1) is 0 Å². The molecule has 4 N–H and O–H groups in total. The maximum absolute atomic E-state index is 9.16. The van der Waals surface area contributed by atoms with Gasteiger partial charge in [-0.25, -0.2) is 14.6 Å². The van der Waals surface area contributed by atoms with Crippen LogP contribution >= 0.6 is 0 Å². The third-order valence-electron chi connectivity index (χ3n) is 9.61. The number of nitrogens with zero attached hydrogens (tertiary/aromatic N) is 6. The van der Waals surface area contributed by atoms with Gasteiger partial charge >= 0.3 is 0 Å². The standard InChI is InChI=1S/C34H42N8O2/c1-44-30-6-3-2-5-24(30)20-26-19-23-7-8-25(21-29(23)38-26)32-31-33(35)36-22-37-34(31)42(39-32)28-11-9-27(10-12-28)41-16-14-40(15-17-41)13-4-18-43/h2-3,5-8,19,21-22,27-28,38,43H,4,9-18,20H2,1H3,(H2,35,36,37). The minimum Gasteiger partial charge on any atom is -0.496 e. The van der Waals surface area contributed by atoms with Crippen molar-refractivity contribution in [2.24, 2.45) is 0 Å². The molecule has 0 amide bonds. The van der Waals surface area contributed by atoms with Crippen LogP contribution in [-0.2, 0) is 6.42 Å². The lowest BCUT2D eigenvalue weighted by Gasteiger charge is -2.42. The fourth-order valence-corrected chi connectivity index (χ4v) is 7.25. The molecule has 0 bridgehead atoms. The number of anilines is 1. The highest BCUT2D eigenvalue weighted by Crippen LogP contribution is 2.38. The second-order valence-electron chi connectivity index (χ2n) is 12.3. The summed E-state index contributed by atoms with van der Waals surface area (Å²) < 4.78 is 7.69. The predicted octanol–water partition coefficient (Wildman–Crippen LogP) is 4.64. The van der Waals surface area contributed by atoms with Gasteiger partial charge in [-0.15, -0.1) is 0 Å². The fourth-order valence-electron chi connectivity index (χ4n) is 7.25. The summed E-state index contributed by atoms with van der Waals surface area (Å²) in [5.41, 5.74) is 12.5. The van der Waals surface area contributed by atoms with Crippen LogP contribution in [0.2, 0.25) is 0 Å². The van der Waals surface area contributed by atoms with Crippen molar-refractivity contribution < 1.29 is 9.84 Å². The molecule has 3 aromatic heterocycles. The molecule has 1 saturated heterocycles. The molecule has 10 nitrogen and oxygen atoms in total. The number of rotatable bonds is 9. The number of ether oxygens (including phenoxy) is 1. The van der Waals surface area contributed by atoms with Crippen LogP contribution in [0.15, 0.2) is 54.9 Å². The fraction of sp³-hybridized carbons (Fsp3) is 0.441. The third-order valence-corrected chi connectivity index (χ3v) is 9.61. The molecule has 44 heavy (non-hydrogen) atoms. The van der Waals surface area contributed by atoms with Gasteiger partial charge < -0.3 is 25.5 Å². The SMILES string of the molecule is COc1ccccc1Cc1cc2ccc(-c3nn(C4CCC(N5CCN(CCCO)CC5)CC4)c4ncnc(N)c34)cc2[nH]1. The number of benzene rings is 2. The van der Waals surface area contributed by atoms with Crippen LogP contribution in [0.1, 0.15) is 49.4 Å². The van der Waals surface area contributed by atoms with Crippen molar-refractivity contribution in [2.45, 2.75) is 50.6 Å². The average Bonchev–Trinajstić information content (AvgIpc) is 3.66. The number of piperazine rings is 1. The summed E-state index contributed by atoms with van der Waals surface area (Å²) in [5.74, 6) is 1.36. The van der Waals surface area contributed by atoms with Crippen LogP contribution in [0.25, 0.3) is 33.2 Å². The molecule has 0 radical (unpaired) electrons. The Balaban J connectivity index is 1.11. The van der Waals surface area contributed by atoms with Gasteiger partial charge in [0, 0.05) is 68.6 Å². The summed E-state index contributed by atoms with van der Waals surface area (Å²) in [4.78, 5) is 17.8. The number of nitrogens with two attached hydrogens (primary N) is 1. The van der Waals surface area contributed by atoms with Crippen molar-refractivity contribution >= 4 is 27.8 Å². The Morgan fingerprint density at radius 3 is 2.57 bits per heavy atom. The Kier molecular flexibility index (Phi) is 8.20. The van der Waals surface area contributed by atoms with Crippen LogP contribution in [-0.4, -0.2) is 92.1 Å². The van der Waals surface area contributed by atoms with E-state index in [1.54, 1.807) is 13.4 Å². The molecule has 0 unspecified atom stereocenters. The zero-order valence-electron chi connectivity index (χ0n) is 25.5. The van der Waals surface area contributed by atoms with E-state index in [0.29, 0.717) is 11.9 Å². The van der Waals surface area contributed by atoms with E-state index in [-0.39, 0.29) is 12.6 Å². The molecule has 10 heteroatoms. The first kappa shape index (κ1) is 28.8. The van der Waals surface area contributed by atoms with E-state index in [9.17, 15) is 0 Å². The molecule has 230 valence electrons. The zero-order chi connectivity index (χ0) is 30.0. The number of fused-ring (bicyclic) bond motifs is 2. The summed E-state index contributed by atoms with van der Waals surface area (Å²) in [6.45, 7) is 5.68.